The first-order chi connectivity index (χ1) is 63.0. The number of nitrogen functional groups attached to an aromatic ring is 1. The summed E-state index contributed by atoms with van der Waals surface area (Å²) < 4.78 is 177. The van der Waals surface area contributed by atoms with Crippen LogP contribution in [0.2, 0.25) is 0 Å². The Morgan fingerprint density at radius 1 is 0.398 bits per heavy atom. The summed E-state index contributed by atoms with van der Waals surface area (Å²) in [5, 5.41) is 12.5. The Bertz CT molecular complexity index is 5910. The van der Waals surface area contributed by atoms with Crippen LogP contribution in [0.3, 0.4) is 0 Å². The number of nitrogens with zero attached hydrogens (tertiary/aromatic N) is 5. The van der Waals surface area contributed by atoms with Gasteiger partial charge in [-0.05, 0) is 240 Å². The van der Waals surface area contributed by atoms with Gasteiger partial charge in [-0.15, -0.1) is 0 Å². The third-order valence-corrected chi connectivity index (χ3v) is 21.2. The summed E-state index contributed by atoms with van der Waals surface area (Å²) in [4.78, 5) is 120. The molecule has 14 rings (SSSR count). The molecule has 33 heteroatoms. The van der Waals surface area contributed by atoms with Crippen LogP contribution in [0.1, 0.15) is 128 Å². The number of hydrogen-bond donors (Lipinski definition) is 3. The number of carbonyl (C=O) groups is 9. The van der Waals surface area contributed by atoms with Gasteiger partial charge in [0.2, 0.25) is 29.5 Å². The largest absolute Gasteiger partial charge is 0.508 e. The lowest BCUT2D eigenvalue weighted by Gasteiger charge is -2.26. The number of ether oxygens (including phenoxy) is 4. The first kappa shape index (κ1) is 102. The van der Waals surface area contributed by atoms with Gasteiger partial charge in [0.05, 0.1) is 84.8 Å². The molecule has 11 aromatic rings. The van der Waals surface area contributed by atoms with Gasteiger partial charge in [-0.1, -0.05) is 97.1 Å². The van der Waals surface area contributed by atoms with Gasteiger partial charge in [0.25, 0.3) is 0 Å². The maximum absolute atomic E-state index is 13.9. The van der Waals surface area contributed by atoms with Crippen molar-refractivity contribution in [3.05, 3.63) is 310 Å². The number of fused-ring (bicyclic) bond motifs is 3. The van der Waals surface area contributed by atoms with Crippen molar-refractivity contribution in [1.82, 2.24) is 0 Å². The molecule has 0 aliphatic carbocycles. The van der Waals surface area contributed by atoms with Crippen molar-refractivity contribution in [3.63, 3.8) is 0 Å². The maximum atomic E-state index is 13.9. The van der Waals surface area contributed by atoms with Crippen LogP contribution < -0.4 is 54.5 Å². The van der Waals surface area contributed by atoms with Crippen LogP contribution in [0.25, 0.3) is 0 Å². The second kappa shape index (κ2) is 44.7. The zero-order valence-corrected chi connectivity index (χ0v) is 73.9. The second-order valence-corrected chi connectivity index (χ2v) is 30.1. The lowest BCUT2D eigenvalue weighted by atomic mass is 9.91. The van der Waals surface area contributed by atoms with Gasteiger partial charge in [-0.3, -0.25) is 53.0 Å². The molecular weight excluding hydrogens is 1750 g/mol. The predicted octanol–water partition coefficient (Wildman–Crippen LogP) is 21.2. The van der Waals surface area contributed by atoms with E-state index in [0.29, 0.717) is 69.7 Å². The highest BCUT2D eigenvalue weighted by Crippen LogP contribution is 2.48. The number of Topliss-reactive ketones (excluding diaryl/α,β-unsaturated/α-hetero) is 4. The van der Waals surface area contributed by atoms with Crippen molar-refractivity contribution >= 4 is 104 Å². The third-order valence-electron chi connectivity index (χ3n) is 21.2. The van der Waals surface area contributed by atoms with Crippen molar-refractivity contribution in [1.29, 1.82) is 0 Å². The Labute approximate surface area is 759 Å². The van der Waals surface area contributed by atoms with E-state index in [-0.39, 0.29) is 83.2 Å². The van der Waals surface area contributed by atoms with Crippen molar-refractivity contribution in [3.8, 4) is 28.7 Å². The molecule has 0 aromatic heterocycles. The highest BCUT2D eigenvalue weighted by atomic mass is 19.4. The third kappa shape index (κ3) is 25.3. The molecule has 21 nitrogen and oxygen atoms in total. The minimum absolute atomic E-state index is 0.00670. The molecule has 0 bridgehead atoms. The summed E-state index contributed by atoms with van der Waals surface area (Å²) in [7, 11) is 6.20. The number of carbonyl (C=O) groups excluding carboxylic acids is 9. The summed E-state index contributed by atoms with van der Waals surface area (Å²) in [6.07, 6.45) is -17.8. The zero-order valence-electron chi connectivity index (χ0n) is 73.9. The molecule has 3 heterocycles. The molecule has 3 aliphatic rings. The number of hydrogen-bond acceptors (Lipinski definition) is 16. The molecule has 698 valence electrons. The first-order valence-corrected chi connectivity index (χ1v) is 41.4. The number of phenolic OH excluding ortho intramolecular Hbond substituents is 1. The second-order valence-electron chi connectivity index (χ2n) is 30.1. The summed E-state index contributed by atoms with van der Waals surface area (Å²) in [6.45, 7) is 12.6. The molecule has 11 aromatic carbocycles. The highest BCUT2D eigenvalue weighted by molar-refractivity contribution is 6.25. The number of amides is 5. The van der Waals surface area contributed by atoms with E-state index in [1.165, 1.54) is 96.2 Å². The van der Waals surface area contributed by atoms with Crippen molar-refractivity contribution in [2.24, 2.45) is 0 Å². The number of alkyl halides is 12. The van der Waals surface area contributed by atoms with Crippen molar-refractivity contribution in [2.45, 2.75) is 110 Å². The molecule has 0 spiro atoms. The van der Waals surface area contributed by atoms with E-state index in [9.17, 15) is 101 Å². The number of aromatic hydroxyl groups is 1. The lowest BCUT2D eigenvalue weighted by molar-refractivity contribution is -0.138. The number of halogens is 12. The van der Waals surface area contributed by atoms with Crippen molar-refractivity contribution in [2.75, 3.05) is 90.2 Å². The van der Waals surface area contributed by atoms with E-state index in [2.05, 4.69) is 5.32 Å². The number of likely N-dealkylation sites (N-methyl/N-ethyl adjacent to an activating group) is 3. The highest BCUT2D eigenvalue weighted by Gasteiger charge is 2.46. The molecule has 133 heavy (non-hydrogen) atoms. The molecule has 0 fully saturated rings. The fourth-order valence-electron chi connectivity index (χ4n) is 14.8. The summed E-state index contributed by atoms with van der Waals surface area (Å²) >= 11 is 0. The summed E-state index contributed by atoms with van der Waals surface area (Å²) in [6, 6.07) is 62.4. The molecule has 0 saturated heterocycles. The SMILES string of the molecule is CCN1C(=O)C(c2ccc(O)cc2)C(=O)N(c2ccccc2)c2cc(C(F)(F)F)ccc21.CCN1C(=O)C(c2ccc(OC)cc2)C(=O)Cc2cc(C(F)(F)F)ccc21.CCN1C(=O)C(c2ccc(OC)cc2)C(=O)N(c2ccccc2)c2cc(C(F)(F)F)ccc21.CCNc1ccc(C(F)(F)F)cc1N.COc1ccc(C(C(C)=O)C(C)=O)cc1.COc1ccc(CC(C)=O)cc1. The number of para-hydroxylation sites is 2. The molecule has 3 unspecified atom stereocenters. The monoisotopic (exact) mass is 1850 g/mol. The standard InChI is InChI=1S/C25H21F3N2O3.C24H19F3N2O3.C20H18F3NO3.C12H14O3.C10H12O2.C9H11F3N2/c1-3-29-20-14-11-17(25(26,27)28)15-21(20)30(18-7-5-4-6-8-18)24(32)22(23(29)31)16-9-12-19(33-2)13-10-16;1-2-28-19-13-10-16(24(25,26)27)14-20(19)29(17-6-4-3-5-7-17)23(32)21(22(28)31)15-8-11-18(30)12-9-15;1-3-24-16-9-6-14(20(21,22)23)10-13(16)11-17(25)18(19(24)26)12-4-7-15(27-2)8-5-12;1-8(13)12(9(2)14)10-4-6-11(15-3)7-5-10;1-8(11)7-9-3-5-10(12-2)6-4-9;1-2-14-8-4-3-6(5-7(8)13)9(10,11)12/h4-15,22H,3H2,1-2H3;3-14,21,30H,2H2,1H3;4-10,18H,3,11H2,1-2H3;4-7,12H,1-3H3;3-6H,7H2,1-2H3;3-5,14H,2,13H2,1H3. The quantitative estimate of drug-likeness (QED) is 0.0386. The fourth-order valence-corrected chi connectivity index (χ4v) is 14.8. The van der Waals surface area contributed by atoms with Gasteiger partial charge in [-0.25, -0.2) is 0 Å². The van der Waals surface area contributed by atoms with Crippen molar-refractivity contribution < 1.29 is 120 Å². The van der Waals surface area contributed by atoms with Gasteiger partial charge >= 0.3 is 24.7 Å². The number of phenols is 1. The average Bonchev–Trinajstić information content (AvgIpc) is 1.62. The predicted molar refractivity (Wildman–Crippen MR) is 481 cm³/mol. The molecule has 5 amide bonds. The van der Waals surface area contributed by atoms with Crippen LogP contribution in [-0.2, 0) is 80.7 Å². The molecular formula is C100H95F12N7O14. The van der Waals surface area contributed by atoms with Crippen LogP contribution >= 0.6 is 0 Å². The van der Waals surface area contributed by atoms with Crippen LogP contribution in [0.5, 0.6) is 28.7 Å². The van der Waals surface area contributed by atoms with Crippen LogP contribution in [-0.4, -0.2) is 112 Å². The van der Waals surface area contributed by atoms with Gasteiger partial charge in [0.1, 0.15) is 69.8 Å². The average molecular weight is 1850 g/mol. The van der Waals surface area contributed by atoms with E-state index in [0.717, 1.165) is 70.3 Å². The van der Waals surface area contributed by atoms with Gasteiger partial charge in [0.15, 0.2) is 5.78 Å². The number of anilines is 9. The number of rotatable bonds is 19. The number of nitrogens with two attached hydrogens (primary N) is 1. The summed E-state index contributed by atoms with van der Waals surface area (Å²) in [5.41, 5.74) is 7.41. The van der Waals surface area contributed by atoms with E-state index in [1.807, 2.05) is 31.2 Å². The van der Waals surface area contributed by atoms with E-state index < -0.39 is 106 Å². The molecule has 3 aliphatic heterocycles. The van der Waals surface area contributed by atoms with Crippen LogP contribution in [0.15, 0.2) is 255 Å². The smallest absolute Gasteiger partial charge is 0.416 e. The van der Waals surface area contributed by atoms with Crippen LogP contribution in [0, 0.1) is 0 Å². The number of nitrogens with one attached hydrogen (secondary N) is 1. The van der Waals surface area contributed by atoms with Crippen LogP contribution in [0.4, 0.5) is 104 Å². The molecule has 3 atom stereocenters. The number of benzene rings is 11. The maximum Gasteiger partial charge on any atom is 0.416 e. The number of methoxy groups -OCH3 is 4. The minimum Gasteiger partial charge on any atom is -0.508 e. The Kier molecular flexibility index (Phi) is 34.3. The van der Waals surface area contributed by atoms with E-state index in [1.54, 1.807) is 175 Å². The zero-order chi connectivity index (χ0) is 97.7. The normalized spacial score (nSPS) is 14.9. The van der Waals surface area contributed by atoms with Gasteiger partial charge in [0, 0.05) is 56.1 Å². The number of ketones is 4. The minimum atomic E-state index is -4.62. The Hall–Kier alpha value is -14.8. The fraction of sp³-hybridized carbons (Fsp3) is 0.250. The first-order valence-electron chi connectivity index (χ1n) is 41.4. The van der Waals surface area contributed by atoms with E-state index >= 15 is 0 Å². The van der Waals surface area contributed by atoms with E-state index in [4.69, 9.17) is 24.7 Å². The summed E-state index contributed by atoms with van der Waals surface area (Å²) in [5.74, 6) is -4.92. The van der Waals surface area contributed by atoms with Gasteiger partial charge < -0.3 is 49.8 Å². The molecule has 4 N–H and O–H groups in total. The topological polar surface area (TPSA) is 265 Å². The molecule has 0 radical (unpaired) electrons. The Morgan fingerprint density at radius 3 is 1.08 bits per heavy atom. The Balaban J connectivity index is 0.000000187. The lowest BCUT2D eigenvalue weighted by Crippen LogP contribution is -2.39. The van der Waals surface area contributed by atoms with Gasteiger partial charge in [-0.2, -0.15) is 52.7 Å². The Morgan fingerprint density at radius 2 is 0.729 bits per heavy atom. The molecule has 0 saturated carbocycles.